The average Bonchev–Trinajstić information content (AvgIpc) is 3.18. The van der Waals surface area contributed by atoms with Crippen molar-refractivity contribution < 1.29 is 4.39 Å². The molecule has 0 bridgehead atoms. The van der Waals surface area contributed by atoms with Gasteiger partial charge in [0.15, 0.2) is 0 Å². The van der Waals surface area contributed by atoms with Crippen LogP contribution >= 0.6 is 11.6 Å². The molecule has 0 aliphatic heterocycles. The first-order valence-electron chi connectivity index (χ1n) is 9.45. The molecule has 0 spiro atoms. The zero-order valence-corrected chi connectivity index (χ0v) is 17.2. The summed E-state index contributed by atoms with van der Waals surface area (Å²) in [6, 6.07) is 21.4. The third-order valence-electron chi connectivity index (χ3n) is 4.62. The van der Waals surface area contributed by atoms with Gasteiger partial charge in [0.05, 0.1) is 11.9 Å². The van der Waals surface area contributed by atoms with E-state index in [-0.39, 0.29) is 5.82 Å². The van der Waals surface area contributed by atoms with Crippen LogP contribution in [0.2, 0.25) is 5.02 Å². The Morgan fingerprint density at radius 3 is 2.29 bits per heavy atom. The highest BCUT2D eigenvalue weighted by Crippen LogP contribution is 2.26. The Kier molecular flexibility index (Phi) is 5.82. The minimum Gasteiger partial charge on any atom is -0.399 e. The topological polar surface area (TPSA) is 82.2 Å². The van der Waals surface area contributed by atoms with Gasteiger partial charge in [-0.05, 0) is 59.7 Å². The number of rotatable bonds is 2. The molecule has 0 atom stereocenters. The van der Waals surface area contributed by atoms with Crippen molar-refractivity contribution in [3.8, 4) is 22.4 Å². The molecule has 5 rings (SSSR count). The van der Waals surface area contributed by atoms with Crippen molar-refractivity contribution in [2.24, 2.45) is 0 Å². The third-order valence-corrected chi connectivity index (χ3v) is 4.85. The SMILES string of the molecule is Nc1cc(Cl)ccn1.Nc1cccc(-c2cnc3cc(-c4ccc(F)cc4)ccn23)c1. The molecule has 4 N–H and O–H groups in total. The number of nitrogen functional groups attached to an aromatic ring is 2. The van der Waals surface area contributed by atoms with Crippen molar-refractivity contribution in [3.05, 3.63) is 102 Å². The quantitative estimate of drug-likeness (QED) is 0.351. The second-order valence-electron chi connectivity index (χ2n) is 6.82. The minimum absolute atomic E-state index is 0.236. The Morgan fingerprint density at radius 2 is 1.61 bits per heavy atom. The molecule has 2 aromatic carbocycles. The molecule has 7 heteroatoms. The number of pyridine rings is 2. The van der Waals surface area contributed by atoms with E-state index in [1.165, 1.54) is 12.1 Å². The Bertz CT molecular complexity index is 1310. The molecule has 5 nitrogen and oxygen atoms in total. The molecule has 3 aromatic heterocycles. The van der Waals surface area contributed by atoms with Gasteiger partial charge in [-0.1, -0.05) is 35.9 Å². The zero-order valence-electron chi connectivity index (χ0n) is 16.4. The van der Waals surface area contributed by atoms with E-state index >= 15 is 0 Å². The van der Waals surface area contributed by atoms with E-state index in [1.54, 1.807) is 30.5 Å². The van der Waals surface area contributed by atoms with Gasteiger partial charge in [0.25, 0.3) is 0 Å². The van der Waals surface area contributed by atoms with E-state index in [4.69, 9.17) is 23.1 Å². The van der Waals surface area contributed by atoms with Gasteiger partial charge in [0.1, 0.15) is 17.3 Å². The summed E-state index contributed by atoms with van der Waals surface area (Å²) < 4.78 is 15.1. The maximum absolute atomic E-state index is 13.1. The molecule has 0 radical (unpaired) electrons. The molecule has 0 unspecified atom stereocenters. The summed E-state index contributed by atoms with van der Waals surface area (Å²) in [7, 11) is 0. The van der Waals surface area contributed by atoms with Crippen LogP contribution in [0.25, 0.3) is 28.0 Å². The lowest BCUT2D eigenvalue weighted by molar-refractivity contribution is 0.628. The van der Waals surface area contributed by atoms with Crippen molar-refractivity contribution in [1.29, 1.82) is 0 Å². The zero-order chi connectivity index (χ0) is 21.8. The lowest BCUT2D eigenvalue weighted by Crippen LogP contribution is -1.90. The molecular formula is C24H19ClFN5. The highest BCUT2D eigenvalue weighted by atomic mass is 35.5. The third kappa shape index (κ3) is 4.82. The molecule has 0 aliphatic rings. The van der Waals surface area contributed by atoms with E-state index in [1.807, 2.05) is 53.2 Å². The smallest absolute Gasteiger partial charge is 0.137 e. The molecule has 5 aromatic rings. The summed E-state index contributed by atoms with van der Waals surface area (Å²) in [4.78, 5) is 8.21. The van der Waals surface area contributed by atoms with Crippen molar-refractivity contribution in [2.45, 2.75) is 0 Å². The Balaban J connectivity index is 0.000000245. The van der Waals surface area contributed by atoms with Gasteiger partial charge in [-0.25, -0.2) is 14.4 Å². The van der Waals surface area contributed by atoms with Crippen LogP contribution in [0.15, 0.2) is 91.4 Å². The summed E-state index contributed by atoms with van der Waals surface area (Å²) in [6.07, 6.45) is 5.37. The number of halogens is 2. The van der Waals surface area contributed by atoms with E-state index < -0.39 is 0 Å². The van der Waals surface area contributed by atoms with Crippen LogP contribution in [0.5, 0.6) is 0 Å². The first-order valence-corrected chi connectivity index (χ1v) is 9.83. The highest BCUT2D eigenvalue weighted by molar-refractivity contribution is 6.30. The van der Waals surface area contributed by atoms with E-state index in [0.717, 1.165) is 33.7 Å². The van der Waals surface area contributed by atoms with Gasteiger partial charge in [0, 0.05) is 28.7 Å². The van der Waals surface area contributed by atoms with Crippen LogP contribution in [0.1, 0.15) is 0 Å². The predicted molar refractivity (Wildman–Crippen MR) is 124 cm³/mol. The normalized spacial score (nSPS) is 10.5. The van der Waals surface area contributed by atoms with Crippen LogP contribution in [0.4, 0.5) is 15.9 Å². The fraction of sp³-hybridized carbons (Fsp3) is 0. The maximum atomic E-state index is 13.1. The Labute approximate surface area is 183 Å². The number of benzene rings is 2. The maximum Gasteiger partial charge on any atom is 0.137 e. The summed E-state index contributed by atoms with van der Waals surface area (Å²) in [6.45, 7) is 0. The van der Waals surface area contributed by atoms with Crippen LogP contribution < -0.4 is 11.5 Å². The molecule has 0 amide bonds. The van der Waals surface area contributed by atoms with Crippen LogP contribution in [-0.4, -0.2) is 14.4 Å². The Hall–Kier alpha value is -3.90. The number of hydrogen-bond acceptors (Lipinski definition) is 4. The van der Waals surface area contributed by atoms with Crippen molar-refractivity contribution in [3.63, 3.8) is 0 Å². The average molecular weight is 432 g/mol. The van der Waals surface area contributed by atoms with Crippen molar-refractivity contribution in [1.82, 2.24) is 14.4 Å². The number of hydrogen-bond donors (Lipinski definition) is 2. The standard InChI is InChI=1S/C19H14FN3.C5H5ClN2/c20-16-6-4-13(5-7-16)14-8-9-23-18(12-22-19(23)11-14)15-2-1-3-17(21)10-15;6-4-1-2-8-5(7)3-4/h1-12H,21H2;1-3H,(H2,7,8). The molecule has 0 saturated heterocycles. The van der Waals surface area contributed by atoms with Gasteiger partial charge in [-0.15, -0.1) is 0 Å². The number of aromatic nitrogens is 3. The minimum atomic E-state index is -0.236. The van der Waals surface area contributed by atoms with Gasteiger partial charge in [-0.3, -0.25) is 4.40 Å². The first-order chi connectivity index (χ1) is 15.0. The molecule has 31 heavy (non-hydrogen) atoms. The van der Waals surface area contributed by atoms with Crippen LogP contribution in [-0.2, 0) is 0 Å². The van der Waals surface area contributed by atoms with Gasteiger partial charge < -0.3 is 11.5 Å². The lowest BCUT2D eigenvalue weighted by Gasteiger charge is -2.05. The van der Waals surface area contributed by atoms with E-state index in [0.29, 0.717) is 10.8 Å². The summed E-state index contributed by atoms with van der Waals surface area (Å²) >= 11 is 5.52. The second-order valence-corrected chi connectivity index (χ2v) is 7.25. The van der Waals surface area contributed by atoms with Crippen LogP contribution in [0, 0.1) is 5.82 Å². The van der Waals surface area contributed by atoms with Gasteiger partial charge in [0.2, 0.25) is 0 Å². The fourth-order valence-electron chi connectivity index (χ4n) is 3.14. The number of nitrogens with zero attached hydrogens (tertiary/aromatic N) is 3. The molecule has 0 aliphatic carbocycles. The predicted octanol–water partition coefficient (Wildman–Crippen LogP) is 5.71. The van der Waals surface area contributed by atoms with Gasteiger partial charge in [-0.2, -0.15) is 0 Å². The number of anilines is 2. The molecule has 154 valence electrons. The fourth-order valence-corrected chi connectivity index (χ4v) is 3.30. The van der Waals surface area contributed by atoms with E-state index in [9.17, 15) is 4.39 Å². The number of imidazole rings is 1. The van der Waals surface area contributed by atoms with Crippen molar-refractivity contribution >= 4 is 28.8 Å². The first kappa shape index (κ1) is 20.4. The number of nitrogens with two attached hydrogens (primary N) is 2. The van der Waals surface area contributed by atoms with Gasteiger partial charge >= 0.3 is 0 Å². The van der Waals surface area contributed by atoms with Crippen molar-refractivity contribution in [2.75, 3.05) is 11.5 Å². The Morgan fingerprint density at radius 1 is 0.806 bits per heavy atom. The number of fused-ring (bicyclic) bond motifs is 1. The summed E-state index contributed by atoms with van der Waals surface area (Å²) in [5.41, 5.74) is 16.7. The summed E-state index contributed by atoms with van der Waals surface area (Å²) in [5.74, 6) is 0.220. The molecular weight excluding hydrogens is 413 g/mol. The molecule has 0 fully saturated rings. The second kappa shape index (κ2) is 8.85. The molecule has 0 saturated carbocycles. The summed E-state index contributed by atoms with van der Waals surface area (Å²) in [5, 5.41) is 0.623. The van der Waals surface area contributed by atoms with E-state index in [2.05, 4.69) is 9.97 Å². The molecule has 3 heterocycles. The highest BCUT2D eigenvalue weighted by Gasteiger charge is 2.07. The monoisotopic (exact) mass is 431 g/mol. The largest absolute Gasteiger partial charge is 0.399 e. The lowest BCUT2D eigenvalue weighted by atomic mass is 10.1. The van der Waals surface area contributed by atoms with Crippen LogP contribution in [0.3, 0.4) is 0 Å².